The summed E-state index contributed by atoms with van der Waals surface area (Å²) in [4.78, 5) is 2.40. The summed E-state index contributed by atoms with van der Waals surface area (Å²) in [5.41, 5.74) is 0. The minimum atomic E-state index is 0.720. The second-order valence-electron chi connectivity index (χ2n) is 5.34. The third-order valence-electron chi connectivity index (χ3n) is 3.82. The third kappa shape index (κ3) is 4.98. The topological polar surface area (TPSA) is 30.5 Å². The van der Waals surface area contributed by atoms with Crippen LogP contribution in [0.4, 0.5) is 0 Å². The maximum atomic E-state index is 3.67. The van der Waals surface area contributed by atoms with Gasteiger partial charge in [-0.05, 0) is 32.9 Å². The fraction of sp³-hybridized carbons (Fsp3) is 1.00. The van der Waals surface area contributed by atoms with Gasteiger partial charge in [0.1, 0.15) is 0 Å². The molecule has 0 spiro atoms. The number of nitrogens with one attached hydrogen (secondary N) is 2. The zero-order valence-corrected chi connectivity index (χ0v) is 12.9. The van der Waals surface area contributed by atoms with Gasteiger partial charge in [0, 0.05) is 67.7 Å². The molecule has 2 saturated heterocycles. The van der Waals surface area contributed by atoms with Crippen molar-refractivity contribution in [2.75, 3.05) is 46.3 Å². The third-order valence-corrected chi connectivity index (χ3v) is 4.79. The molecule has 5 heteroatoms. The predicted molar refractivity (Wildman–Crippen MR) is 80.5 cm³/mol. The average Bonchev–Trinajstić information content (AvgIpc) is 2.73. The molecule has 2 aliphatic heterocycles. The van der Waals surface area contributed by atoms with Crippen molar-refractivity contribution in [3.8, 4) is 0 Å². The van der Waals surface area contributed by atoms with E-state index in [-0.39, 0.29) is 0 Å². The number of hydrogen-bond donors (Lipinski definition) is 2. The average molecular weight is 352 g/mol. The van der Waals surface area contributed by atoms with Crippen LogP contribution < -0.4 is 10.6 Å². The molecule has 0 saturated carbocycles. The van der Waals surface area contributed by atoms with E-state index in [0.29, 0.717) is 0 Å². The van der Waals surface area contributed by atoms with Gasteiger partial charge in [0.25, 0.3) is 0 Å². The Morgan fingerprint density at radius 2 is 1.59 bits per heavy atom. The quantitative estimate of drug-likeness (QED) is 0.433. The lowest BCUT2D eigenvalue weighted by Gasteiger charge is -2.28. The number of piperidine rings is 1. The van der Waals surface area contributed by atoms with Gasteiger partial charge < -0.3 is 15.5 Å². The van der Waals surface area contributed by atoms with Gasteiger partial charge in [0.2, 0.25) is 0 Å². The van der Waals surface area contributed by atoms with E-state index in [0.717, 1.165) is 25.2 Å². The summed E-state index contributed by atoms with van der Waals surface area (Å²) < 4.78 is 2.39. The minimum Gasteiger partial charge on any atom is -0.313 e. The summed E-state index contributed by atoms with van der Waals surface area (Å²) in [7, 11) is 2.21. The highest BCUT2D eigenvalue weighted by atomic mass is 127. The number of rotatable bonds is 5. The van der Waals surface area contributed by atoms with Crippen LogP contribution in [-0.4, -0.2) is 66.4 Å². The van der Waals surface area contributed by atoms with Crippen molar-refractivity contribution in [3.63, 3.8) is 0 Å². The fourth-order valence-electron chi connectivity index (χ4n) is 2.71. The molecule has 2 heterocycles. The molecule has 0 aliphatic carbocycles. The molecule has 2 aliphatic rings. The molecule has 0 bridgehead atoms. The SMILES string of the molecule is CN1CCC(NCCNC2CCN(I)CC2)C1. The molecule has 4 nitrogen and oxygen atoms in total. The van der Waals surface area contributed by atoms with Gasteiger partial charge in [-0.15, -0.1) is 0 Å². The van der Waals surface area contributed by atoms with Crippen LogP contribution in [0.15, 0.2) is 0 Å². The number of likely N-dealkylation sites (N-methyl/N-ethyl adjacent to an activating group) is 1. The Morgan fingerprint density at radius 1 is 1.00 bits per heavy atom. The van der Waals surface area contributed by atoms with Crippen molar-refractivity contribution in [2.24, 2.45) is 0 Å². The molecule has 1 unspecified atom stereocenters. The summed E-state index contributed by atoms with van der Waals surface area (Å²) in [5, 5.41) is 7.32. The smallest absolute Gasteiger partial charge is 0.0207 e. The molecule has 0 aromatic carbocycles. The van der Waals surface area contributed by atoms with Gasteiger partial charge in [0.15, 0.2) is 0 Å². The van der Waals surface area contributed by atoms with E-state index in [1.165, 1.54) is 45.4 Å². The Labute approximate surface area is 119 Å². The normalized spacial score (nSPS) is 28.9. The Bertz CT molecular complexity index is 219. The van der Waals surface area contributed by atoms with E-state index in [1.807, 2.05) is 0 Å². The van der Waals surface area contributed by atoms with E-state index < -0.39 is 0 Å². The first-order valence-electron chi connectivity index (χ1n) is 6.80. The second-order valence-corrected chi connectivity index (χ2v) is 6.70. The predicted octanol–water partition coefficient (Wildman–Crippen LogP) is 0.684. The van der Waals surface area contributed by atoms with Crippen LogP contribution in [0.3, 0.4) is 0 Å². The van der Waals surface area contributed by atoms with E-state index in [2.05, 4.69) is 48.6 Å². The molecule has 0 aromatic rings. The van der Waals surface area contributed by atoms with E-state index >= 15 is 0 Å². The van der Waals surface area contributed by atoms with E-state index in [4.69, 9.17) is 0 Å². The van der Waals surface area contributed by atoms with Crippen molar-refractivity contribution in [2.45, 2.75) is 31.3 Å². The number of hydrogen-bond acceptors (Lipinski definition) is 4. The van der Waals surface area contributed by atoms with Crippen molar-refractivity contribution >= 4 is 22.9 Å². The molecule has 2 N–H and O–H groups in total. The second kappa shape index (κ2) is 7.23. The Hall–Kier alpha value is 0.570. The van der Waals surface area contributed by atoms with E-state index in [9.17, 15) is 0 Å². The van der Waals surface area contributed by atoms with Gasteiger partial charge >= 0.3 is 0 Å². The standard InChI is InChI=1S/C12H25IN4/c1-16-7-2-12(10-16)15-6-5-14-11-3-8-17(13)9-4-11/h11-12,14-15H,2-10H2,1H3. The lowest BCUT2D eigenvalue weighted by atomic mass is 10.1. The van der Waals surface area contributed by atoms with Crippen LogP contribution in [0.1, 0.15) is 19.3 Å². The first-order valence-corrected chi connectivity index (χ1v) is 7.76. The van der Waals surface area contributed by atoms with Gasteiger partial charge in [-0.1, -0.05) is 0 Å². The van der Waals surface area contributed by atoms with Crippen molar-refractivity contribution in [1.29, 1.82) is 0 Å². The van der Waals surface area contributed by atoms with Crippen LogP contribution in [0.25, 0.3) is 0 Å². The molecule has 2 fully saturated rings. The van der Waals surface area contributed by atoms with E-state index in [1.54, 1.807) is 0 Å². The van der Waals surface area contributed by atoms with Gasteiger partial charge in [-0.2, -0.15) is 0 Å². The number of nitrogens with zero attached hydrogens (tertiary/aromatic N) is 2. The highest BCUT2D eigenvalue weighted by Crippen LogP contribution is 2.13. The number of halogens is 1. The maximum absolute atomic E-state index is 3.67. The molecule has 0 aromatic heterocycles. The summed E-state index contributed by atoms with van der Waals surface area (Å²) in [6.45, 7) is 7.17. The maximum Gasteiger partial charge on any atom is 0.0207 e. The molecule has 0 amide bonds. The monoisotopic (exact) mass is 352 g/mol. The molecule has 100 valence electrons. The van der Waals surface area contributed by atoms with Gasteiger partial charge in [-0.25, -0.2) is 3.11 Å². The molecule has 2 rings (SSSR count). The van der Waals surface area contributed by atoms with Crippen LogP contribution in [0.5, 0.6) is 0 Å². The van der Waals surface area contributed by atoms with Crippen LogP contribution in [-0.2, 0) is 0 Å². The fourth-order valence-corrected chi connectivity index (χ4v) is 3.26. The molecular formula is C12H25IN4. The van der Waals surface area contributed by atoms with Crippen LogP contribution in [0, 0.1) is 0 Å². The molecule has 17 heavy (non-hydrogen) atoms. The van der Waals surface area contributed by atoms with Crippen LogP contribution >= 0.6 is 22.9 Å². The molecular weight excluding hydrogens is 327 g/mol. The lowest BCUT2D eigenvalue weighted by Crippen LogP contribution is -2.43. The first kappa shape index (κ1) is 14.0. The van der Waals surface area contributed by atoms with Crippen LogP contribution in [0.2, 0.25) is 0 Å². The lowest BCUT2D eigenvalue weighted by molar-refractivity contribution is 0.323. The zero-order valence-electron chi connectivity index (χ0n) is 10.8. The summed E-state index contributed by atoms with van der Waals surface area (Å²) in [6.07, 6.45) is 3.91. The largest absolute Gasteiger partial charge is 0.313 e. The summed E-state index contributed by atoms with van der Waals surface area (Å²) >= 11 is 2.43. The highest BCUT2D eigenvalue weighted by molar-refractivity contribution is 14.1. The molecule has 1 atom stereocenters. The first-order chi connectivity index (χ1) is 8.24. The zero-order chi connectivity index (χ0) is 12.1. The van der Waals surface area contributed by atoms with Crippen molar-refractivity contribution in [1.82, 2.24) is 18.6 Å². The van der Waals surface area contributed by atoms with Crippen molar-refractivity contribution < 1.29 is 0 Å². The highest BCUT2D eigenvalue weighted by Gasteiger charge is 2.19. The van der Waals surface area contributed by atoms with Crippen molar-refractivity contribution in [3.05, 3.63) is 0 Å². The Balaban J connectivity index is 1.49. The van der Waals surface area contributed by atoms with Gasteiger partial charge in [-0.3, -0.25) is 0 Å². The minimum absolute atomic E-state index is 0.720. The Kier molecular flexibility index (Phi) is 5.95. The number of likely N-dealkylation sites (tertiary alicyclic amines) is 1. The van der Waals surface area contributed by atoms with Gasteiger partial charge in [0.05, 0.1) is 0 Å². The summed E-state index contributed by atoms with van der Waals surface area (Å²) in [5.74, 6) is 0. The molecule has 0 radical (unpaired) electrons. The Morgan fingerprint density at radius 3 is 2.18 bits per heavy atom. The summed E-state index contributed by atoms with van der Waals surface area (Å²) in [6, 6.07) is 1.46.